The number of amides is 2. The van der Waals surface area contributed by atoms with E-state index in [9.17, 15) is 9.59 Å². The van der Waals surface area contributed by atoms with Gasteiger partial charge in [-0.15, -0.1) is 22.0 Å². The summed E-state index contributed by atoms with van der Waals surface area (Å²) in [7, 11) is 0. The van der Waals surface area contributed by atoms with Gasteiger partial charge in [0.15, 0.2) is 0 Å². The van der Waals surface area contributed by atoms with Crippen LogP contribution < -0.4 is 10.6 Å². The van der Waals surface area contributed by atoms with E-state index in [1.54, 1.807) is 0 Å². The summed E-state index contributed by atoms with van der Waals surface area (Å²) in [6, 6.07) is 7.76. The number of hydrogen-bond acceptors (Lipinski definition) is 6. The van der Waals surface area contributed by atoms with Gasteiger partial charge in [0.1, 0.15) is 5.01 Å². The SMILES string of the molecule is CCC(C)NC(=O)CSCc1nnc(C(=O)Nc2ccccc2C)s1. The van der Waals surface area contributed by atoms with Crippen molar-refractivity contribution in [2.45, 2.75) is 39.0 Å². The van der Waals surface area contributed by atoms with Gasteiger partial charge < -0.3 is 10.6 Å². The fourth-order valence-corrected chi connectivity index (χ4v) is 3.56. The minimum atomic E-state index is -0.266. The summed E-state index contributed by atoms with van der Waals surface area (Å²) < 4.78 is 0. The molecule has 1 heterocycles. The molecule has 0 aliphatic heterocycles. The Morgan fingerprint density at radius 1 is 1.28 bits per heavy atom. The maximum absolute atomic E-state index is 12.2. The number of hydrogen-bond donors (Lipinski definition) is 2. The van der Waals surface area contributed by atoms with E-state index in [4.69, 9.17) is 0 Å². The van der Waals surface area contributed by atoms with Crippen molar-refractivity contribution in [2.24, 2.45) is 0 Å². The molecule has 2 N–H and O–H groups in total. The lowest BCUT2D eigenvalue weighted by Crippen LogP contribution is -2.33. The lowest BCUT2D eigenvalue weighted by Gasteiger charge is -2.10. The molecular weight excluding hydrogens is 356 g/mol. The molecule has 0 radical (unpaired) electrons. The average molecular weight is 379 g/mol. The Kier molecular flexibility index (Phi) is 7.39. The van der Waals surface area contributed by atoms with Gasteiger partial charge in [0.25, 0.3) is 5.91 Å². The number of rotatable bonds is 8. The zero-order valence-electron chi connectivity index (χ0n) is 14.5. The molecule has 1 atom stereocenters. The summed E-state index contributed by atoms with van der Waals surface area (Å²) >= 11 is 2.71. The number of carbonyl (C=O) groups is 2. The zero-order valence-corrected chi connectivity index (χ0v) is 16.2. The molecule has 0 aliphatic carbocycles. The van der Waals surface area contributed by atoms with Gasteiger partial charge >= 0.3 is 0 Å². The van der Waals surface area contributed by atoms with Crippen LogP contribution in [0, 0.1) is 6.92 Å². The molecule has 0 aliphatic rings. The summed E-state index contributed by atoms with van der Waals surface area (Å²) in [5, 5.41) is 14.8. The highest BCUT2D eigenvalue weighted by atomic mass is 32.2. The molecular formula is C17H22N4O2S2. The second kappa shape index (κ2) is 9.53. The number of aryl methyl sites for hydroxylation is 1. The number of para-hydroxylation sites is 1. The Labute approximate surface area is 155 Å². The minimum Gasteiger partial charge on any atom is -0.353 e. The lowest BCUT2D eigenvalue weighted by molar-refractivity contribution is -0.119. The van der Waals surface area contributed by atoms with Crippen molar-refractivity contribution in [3.8, 4) is 0 Å². The van der Waals surface area contributed by atoms with E-state index in [1.165, 1.54) is 23.1 Å². The maximum Gasteiger partial charge on any atom is 0.286 e. The largest absolute Gasteiger partial charge is 0.353 e. The first-order valence-electron chi connectivity index (χ1n) is 8.06. The van der Waals surface area contributed by atoms with Crippen LogP contribution in [0.4, 0.5) is 5.69 Å². The summed E-state index contributed by atoms with van der Waals surface area (Å²) in [6.45, 7) is 5.94. The molecule has 1 aromatic heterocycles. The average Bonchev–Trinajstić information content (AvgIpc) is 3.05. The normalized spacial score (nSPS) is 11.8. The summed E-state index contributed by atoms with van der Waals surface area (Å²) in [4.78, 5) is 24.0. The first-order chi connectivity index (χ1) is 12.0. The zero-order chi connectivity index (χ0) is 18.2. The van der Waals surface area contributed by atoms with Gasteiger partial charge in [-0.2, -0.15) is 0 Å². The van der Waals surface area contributed by atoms with Crippen molar-refractivity contribution in [1.82, 2.24) is 15.5 Å². The molecule has 0 saturated heterocycles. The van der Waals surface area contributed by atoms with Crippen LogP contribution in [0.3, 0.4) is 0 Å². The first-order valence-corrected chi connectivity index (χ1v) is 10.0. The van der Waals surface area contributed by atoms with Crippen molar-refractivity contribution in [3.63, 3.8) is 0 Å². The first kappa shape index (κ1) is 19.4. The van der Waals surface area contributed by atoms with Gasteiger partial charge in [-0.05, 0) is 31.9 Å². The van der Waals surface area contributed by atoms with Crippen LogP contribution in [0.15, 0.2) is 24.3 Å². The van der Waals surface area contributed by atoms with E-state index >= 15 is 0 Å². The highest BCUT2D eigenvalue weighted by Gasteiger charge is 2.14. The minimum absolute atomic E-state index is 0.0152. The smallest absolute Gasteiger partial charge is 0.286 e. The fraction of sp³-hybridized carbons (Fsp3) is 0.412. The van der Waals surface area contributed by atoms with Gasteiger partial charge in [-0.25, -0.2) is 0 Å². The molecule has 2 rings (SSSR count). The van der Waals surface area contributed by atoms with Gasteiger partial charge in [0.2, 0.25) is 10.9 Å². The van der Waals surface area contributed by atoms with Crippen LogP contribution in [-0.2, 0) is 10.5 Å². The molecule has 25 heavy (non-hydrogen) atoms. The second-order valence-electron chi connectivity index (χ2n) is 5.64. The number of nitrogens with zero attached hydrogens (tertiary/aromatic N) is 2. The van der Waals surface area contributed by atoms with Crippen LogP contribution in [0.5, 0.6) is 0 Å². The Balaban J connectivity index is 1.82. The predicted octanol–water partition coefficient (Wildman–Crippen LogP) is 3.25. The highest BCUT2D eigenvalue weighted by Crippen LogP contribution is 2.19. The number of aromatic nitrogens is 2. The van der Waals surface area contributed by atoms with E-state index in [0.717, 1.165) is 22.7 Å². The van der Waals surface area contributed by atoms with Crippen molar-refractivity contribution in [1.29, 1.82) is 0 Å². The molecule has 6 nitrogen and oxygen atoms in total. The van der Waals surface area contributed by atoms with Gasteiger partial charge in [0, 0.05) is 17.5 Å². The molecule has 1 aromatic carbocycles. The molecule has 0 spiro atoms. The van der Waals surface area contributed by atoms with E-state index in [2.05, 4.69) is 20.8 Å². The summed E-state index contributed by atoms with van der Waals surface area (Å²) in [6.07, 6.45) is 0.909. The molecule has 2 amide bonds. The molecule has 0 bridgehead atoms. The molecule has 0 fully saturated rings. The predicted molar refractivity (Wildman–Crippen MR) is 103 cm³/mol. The third-order valence-electron chi connectivity index (χ3n) is 3.53. The Bertz CT molecular complexity index is 733. The molecule has 1 unspecified atom stereocenters. The third-order valence-corrected chi connectivity index (χ3v) is 5.58. The van der Waals surface area contributed by atoms with Gasteiger partial charge in [-0.1, -0.05) is 36.5 Å². The van der Waals surface area contributed by atoms with E-state index in [-0.39, 0.29) is 17.9 Å². The lowest BCUT2D eigenvalue weighted by atomic mass is 10.2. The van der Waals surface area contributed by atoms with E-state index < -0.39 is 0 Å². The van der Waals surface area contributed by atoms with Crippen molar-refractivity contribution in [3.05, 3.63) is 39.8 Å². The Morgan fingerprint density at radius 2 is 2.04 bits per heavy atom. The van der Waals surface area contributed by atoms with E-state index in [0.29, 0.717) is 16.5 Å². The highest BCUT2D eigenvalue weighted by molar-refractivity contribution is 7.99. The number of benzene rings is 1. The molecule has 0 saturated carbocycles. The van der Waals surface area contributed by atoms with Crippen LogP contribution in [0.1, 0.15) is 40.6 Å². The van der Waals surface area contributed by atoms with Crippen LogP contribution in [-0.4, -0.2) is 33.8 Å². The van der Waals surface area contributed by atoms with Crippen molar-refractivity contribution >= 4 is 40.6 Å². The molecule has 2 aromatic rings. The number of carbonyl (C=O) groups excluding carboxylic acids is 2. The Hall–Kier alpha value is -1.93. The Morgan fingerprint density at radius 3 is 2.76 bits per heavy atom. The van der Waals surface area contributed by atoms with Crippen LogP contribution in [0.2, 0.25) is 0 Å². The second-order valence-corrected chi connectivity index (χ2v) is 7.69. The number of thioether (sulfide) groups is 1. The van der Waals surface area contributed by atoms with Crippen LogP contribution >= 0.6 is 23.1 Å². The number of nitrogens with one attached hydrogen (secondary N) is 2. The van der Waals surface area contributed by atoms with Crippen molar-refractivity contribution < 1.29 is 9.59 Å². The topological polar surface area (TPSA) is 84.0 Å². The third kappa shape index (κ3) is 6.13. The van der Waals surface area contributed by atoms with Gasteiger partial charge in [-0.3, -0.25) is 9.59 Å². The monoisotopic (exact) mass is 378 g/mol. The molecule has 8 heteroatoms. The standard InChI is InChI=1S/C17H22N4O2S2/c1-4-12(3)18-14(22)9-24-10-15-20-21-17(25-15)16(23)19-13-8-6-5-7-11(13)2/h5-8,12H,4,9-10H2,1-3H3,(H,18,22)(H,19,23). The van der Waals surface area contributed by atoms with Crippen molar-refractivity contribution in [2.75, 3.05) is 11.1 Å². The van der Waals surface area contributed by atoms with Crippen LogP contribution in [0.25, 0.3) is 0 Å². The summed E-state index contributed by atoms with van der Waals surface area (Å²) in [5.74, 6) is 0.677. The number of anilines is 1. The van der Waals surface area contributed by atoms with Gasteiger partial charge in [0.05, 0.1) is 5.75 Å². The summed E-state index contributed by atoms with van der Waals surface area (Å²) in [5.41, 5.74) is 1.75. The molecule has 134 valence electrons. The van der Waals surface area contributed by atoms with E-state index in [1.807, 2.05) is 45.0 Å². The fourth-order valence-electron chi connectivity index (χ4n) is 1.94. The maximum atomic E-state index is 12.2. The quantitative estimate of drug-likeness (QED) is 0.737.